The molecule has 1 aliphatic heterocycles. The third-order valence-electron chi connectivity index (χ3n) is 1.57. The Hall–Kier alpha value is -0.850. The zero-order valence-electron chi connectivity index (χ0n) is 7.40. The Morgan fingerprint density at radius 3 is 2.85 bits per heavy atom. The topological polar surface area (TPSA) is 43.1 Å². The van der Waals surface area contributed by atoms with Gasteiger partial charge in [-0.05, 0) is 23.5 Å². The summed E-state index contributed by atoms with van der Waals surface area (Å²) in [7, 11) is 0. The van der Waals surface area contributed by atoms with Crippen molar-refractivity contribution in [2.24, 2.45) is 4.99 Å². The number of rotatable bonds is 0. The maximum Gasteiger partial charge on any atom is 0.156 e. The van der Waals surface area contributed by atoms with Gasteiger partial charge in [0.05, 0.1) is 16.0 Å². The zero-order valence-corrected chi connectivity index (χ0v) is 9.56. The van der Waals surface area contributed by atoms with E-state index in [1.54, 1.807) is 4.68 Å². The Bertz CT molecular complexity index is 414. The number of aliphatic imine (C=N–C) groups is 1. The second-order valence-corrected chi connectivity index (χ2v) is 5.61. The second kappa shape index (κ2) is 3.49. The highest BCUT2D eigenvalue weighted by Gasteiger charge is 2.03. The number of allylic oxidation sites excluding steroid dienone is 2. The van der Waals surface area contributed by atoms with Gasteiger partial charge in [-0.25, -0.2) is 9.67 Å². The number of aromatic nitrogens is 3. The van der Waals surface area contributed by atoms with E-state index in [1.165, 1.54) is 3.58 Å². The van der Waals surface area contributed by atoms with Crippen molar-refractivity contribution >= 4 is 30.7 Å². The van der Waals surface area contributed by atoms with Crippen molar-refractivity contribution in [3.63, 3.8) is 0 Å². The first-order valence-electron chi connectivity index (χ1n) is 3.86. The number of aryl methyl sites for hydroxylation is 1. The molecule has 0 radical (unpaired) electrons. The van der Waals surface area contributed by atoms with Crippen LogP contribution in [-0.4, -0.2) is 25.0 Å². The van der Waals surface area contributed by atoms with E-state index in [2.05, 4.69) is 28.3 Å². The molecule has 0 spiro atoms. The Morgan fingerprint density at radius 2 is 2.23 bits per heavy atom. The fraction of sp³-hybridized carbons (Fsp3) is 0.250. The second-order valence-electron chi connectivity index (χ2n) is 2.73. The van der Waals surface area contributed by atoms with Gasteiger partial charge in [0.25, 0.3) is 0 Å². The largest absolute Gasteiger partial charge is 0.231 e. The molecule has 0 amide bonds. The van der Waals surface area contributed by atoms with Gasteiger partial charge in [0.1, 0.15) is 0 Å². The van der Waals surface area contributed by atoms with E-state index in [1.807, 2.05) is 17.3 Å². The lowest BCUT2D eigenvalue weighted by molar-refractivity contribution is 0.841. The van der Waals surface area contributed by atoms with E-state index in [-0.39, 0.29) is 20.7 Å². The van der Waals surface area contributed by atoms with Crippen molar-refractivity contribution in [2.75, 3.05) is 0 Å². The van der Waals surface area contributed by atoms with E-state index < -0.39 is 0 Å². The van der Waals surface area contributed by atoms with Crippen LogP contribution in [0.25, 0.3) is 0 Å². The Balaban J connectivity index is 2.38. The van der Waals surface area contributed by atoms with Gasteiger partial charge < -0.3 is 0 Å². The predicted molar refractivity (Wildman–Crippen MR) is 61.4 cm³/mol. The van der Waals surface area contributed by atoms with Crippen LogP contribution in [0.4, 0.5) is 0 Å². The maximum atomic E-state index is 4.29. The molecule has 1 aromatic rings. The monoisotopic (exact) mass is 288 g/mol. The van der Waals surface area contributed by atoms with Crippen molar-refractivity contribution in [3.8, 4) is 0 Å². The quantitative estimate of drug-likeness (QED) is 0.679. The van der Waals surface area contributed by atoms with Crippen LogP contribution in [-0.2, 0) is 0 Å². The van der Waals surface area contributed by atoms with Gasteiger partial charge in [-0.2, -0.15) is 0 Å². The average molecular weight is 288 g/mol. The minimum Gasteiger partial charge on any atom is -0.231 e. The lowest BCUT2D eigenvalue weighted by Gasteiger charge is -2.02. The highest BCUT2D eigenvalue weighted by Crippen LogP contribution is 2.15. The van der Waals surface area contributed by atoms with Gasteiger partial charge in [-0.15, -0.1) is 5.10 Å². The van der Waals surface area contributed by atoms with Gasteiger partial charge in [0.2, 0.25) is 0 Å². The number of halogens is 1. The standard InChI is InChI=1S/C8H9IN4/c1-6-3-8(10-5-9-6)13-4-7(2)11-12-13/h3-5H,1-2H3. The van der Waals surface area contributed by atoms with Gasteiger partial charge in [-0.1, -0.05) is 25.9 Å². The van der Waals surface area contributed by atoms with Crippen LogP contribution in [0.2, 0.25) is 0 Å². The summed E-state index contributed by atoms with van der Waals surface area (Å²) in [6.07, 6.45) is 3.95. The number of hydrogen-bond acceptors (Lipinski definition) is 3. The number of nitrogens with zero attached hydrogens (tertiary/aromatic N) is 4. The van der Waals surface area contributed by atoms with Gasteiger partial charge in [0, 0.05) is 0 Å². The van der Waals surface area contributed by atoms with Crippen molar-refractivity contribution < 1.29 is 0 Å². The molecule has 0 atom stereocenters. The normalized spacial score (nSPS) is 16.2. The van der Waals surface area contributed by atoms with Crippen LogP contribution in [0.3, 0.4) is 0 Å². The molecule has 5 heteroatoms. The molecule has 1 aliphatic rings. The zero-order chi connectivity index (χ0) is 9.26. The highest BCUT2D eigenvalue weighted by atomic mass is 127. The molecule has 0 aromatic carbocycles. The maximum absolute atomic E-state index is 4.29. The molecular weight excluding hydrogens is 279 g/mol. The fourth-order valence-electron chi connectivity index (χ4n) is 0.983. The highest BCUT2D eigenvalue weighted by molar-refractivity contribution is 14.2. The average Bonchev–Trinajstić information content (AvgIpc) is 2.52. The molecule has 2 rings (SSSR count). The number of hydrogen-bond donors (Lipinski definition) is 0. The third kappa shape index (κ3) is 1.90. The summed E-state index contributed by atoms with van der Waals surface area (Å²) in [5.41, 5.74) is 0.911. The molecule has 0 saturated carbocycles. The molecule has 0 saturated heterocycles. The van der Waals surface area contributed by atoms with Crippen LogP contribution in [0, 0.1) is 6.92 Å². The minimum atomic E-state index is 0.0267. The van der Waals surface area contributed by atoms with Gasteiger partial charge >= 0.3 is 0 Å². The van der Waals surface area contributed by atoms with Crippen molar-refractivity contribution in [1.29, 1.82) is 0 Å². The van der Waals surface area contributed by atoms with E-state index in [0.717, 1.165) is 11.5 Å². The lowest BCUT2D eigenvalue weighted by atomic mass is 10.4. The van der Waals surface area contributed by atoms with E-state index >= 15 is 0 Å². The van der Waals surface area contributed by atoms with Crippen LogP contribution in [0.5, 0.6) is 0 Å². The summed E-state index contributed by atoms with van der Waals surface area (Å²) in [5, 5.41) is 7.87. The Morgan fingerprint density at radius 1 is 1.38 bits per heavy atom. The summed E-state index contributed by atoms with van der Waals surface area (Å²) in [5.74, 6) is 0.865. The van der Waals surface area contributed by atoms with Crippen LogP contribution >= 0.6 is 20.7 Å². The van der Waals surface area contributed by atoms with E-state index in [0.29, 0.717) is 0 Å². The Labute approximate surface area is 86.1 Å². The van der Waals surface area contributed by atoms with Crippen molar-refractivity contribution in [1.82, 2.24) is 15.0 Å². The minimum absolute atomic E-state index is 0.0267. The molecule has 0 unspecified atom stereocenters. The molecule has 0 bridgehead atoms. The lowest BCUT2D eigenvalue weighted by Crippen LogP contribution is -2.11. The first kappa shape index (κ1) is 8.74. The summed E-state index contributed by atoms with van der Waals surface area (Å²) in [6, 6.07) is 0. The van der Waals surface area contributed by atoms with E-state index in [9.17, 15) is 0 Å². The molecule has 68 valence electrons. The van der Waals surface area contributed by atoms with Crippen LogP contribution < -0.4 is 0 Å². The van der Waals surface area contributed by atoms with Crippen LogP contribution in [0.15, 0.2) is 20.8 Å². The third-order valence-corrected chi connectivity index (χ3v) is 3.42. The first-order chi connectivity index (χ1) is 6.25. The molecule has 0 fully saturated rings. The molecule has 2 heterocycles. The van der Waals surface area contributed by atoms with Crippen LogP contribution in [0.1, 0.15) is 12.6 Å². The van der Waals surface area contributed by atoms with Gasteiger partial charge in [-0.3, -0.25) is 0 Å². The van der Waals surface area contributed by atoms with Crippen molar-refractivity contribution in [2.45, 2.75) is 13.8 Å². The fourth-order valence-corrected chi connectivity index (χ4v) is 2.30. The first-order valence-corrected chi connectivity index (χ1v) is 6.18. The molecular formula is C8H9IN4. The molecule has 1 aromatic heterocycles. The molecule has 0 aliphatic carbocycles. The smallest absolute Gasteiger partial charge is 0.156 e. The molecule has 4 nitrogen and oxygen atoms in total. The summed E-state index contributed by atoms with van der Waals surface area (Å²) < 4.78 is 5.11. The van der Waals surface area contributed by atoms with Crippen molar-refractivity contribution in [3.05, 3.63) is 21.5 Å². The molecule has 0 N–H and O–H groups in total. The van der Waals surface area contributed by atoms with E-state index in [4.69, 9.17) is 0 Å². The predicted octanol–water partition coefficient (Wildman–Crippen LogP) is 1.48. The Kier molecular flexibility index (Phi) is 2.34. The van der Waals surface area contributed by atoms with Gasteiger partial charge in [0.15, 0.2) is 5.84 Å². The molecule has 13 heavy (non-hydrogen) atoms. The summed E-state index contributed by atoms with van der Waals surface area (Å²) in [6.45, 7) is 4.04. The summed E-state index contributed by atoms with van der Waals surface area (Å²) >= 11 is 0.0267. The summed E-state index contributed by atoms with van der Waals surface area (Å²) in [4.78, 5) is 4.29. The SMILES string of the molecule is CC1=CC(n2cc(C)nn2)=NC=I1.